The fourth-order valence-corrected chi connectivity index (χ4v) is 2.78. The Labute approximate surface area is 152 Å². The maximum atomic E-state index is 11.7. The van der Waals surface area contributed by atoms with Crippen molar-refractivity contribution < 1.29 is 19.4 Å². The van der Waals surface area contributed by atoms with Gasteiger partial charge < -0.3 is 4.74 Å². The molecule has 1 aromatic carbocycles. The van der Waals surface area contributed by atoms with E-state index in [9.17, 15) is 25.0 Å². The highest BCUT2D eigenvalue weighted by Gasteiger charge is 2.31. The number of nitro groups is 2. The zero-order chi connectivity index (χ0) is 19.7. The second-order valence-corrected chi connectivity index (χ2v) is 5.95. The Morgan fingerprint density at radius 1 is 1.12 bits per heavy atom. The van der Waals surface area contributed by atoms with Crippen LogP contribution in [0.2, 0.25) is 0 Å². The van der Waals surface area contributed by atoms with Crippen LogP contribution in [0.4, 0.5) is 11.4 Å². The van der Waals surface area contributed by atoms with Gasteiger partial charge in [-0.2, -0.15) is 0 Å². The second kappa shape index (κ2) is 10.3. The lowest BCUT2D eigenvalue weighted by atomic mass is 9.89. The van der Waals surface area contributed by atoms with Crippen molar-refractivity contribution in [2.45, 2.75) is 58.8 Å². The predicted molar refractivity (Wildman–Crippen MR) is 97.4 cm³/mol. The Hall–Kier alpha value is -2.77. The molecule has 0 amide bonds. The van der Waals surface area contributed by atoms with Crippen LogP contribution in [0.25, 0.3) is 0 Å². The molecule has 0 aliphatic heterocycles. The molecule has 1 rings (SSSR count). The molecule has 0 bridgehead atoms. The largest absolute Gasteiger partial charge is 0.409 e. The third kappa shape index (κ3) is 5.65. The zero-order valence-corrected chi connectivity index (χ0v) is 15.3. The molecule has 0 saturated heterocycles. The SMILES string of the molecule is CC=CC(=O)Oc1c([N+](=O)[O-])cc(C(CCC)CCCC)cc1[N+](=O)[O-]. The number of carbonyl (C=O) groups excluding carboxylic acids is 1. The smallest absolute Gasteiger partial charge is 0.336 e. The summed E-state index contributed by atoms with van der Waals surface area (Å²) >= 11 is 0. The van der Waals surface area contributed by atoms with Gasteiger partial charge in [-0.1, -0.05) is 39.2 Å². The number of unbranched alkanes of at least 4 members (excludes halogenated alkanes) is 1. The Balaban J connectivity index is 3.50. The van der Waals surface area contributed by atoms with E-state index in [0.717, 1.165) is 38.2 Å². The number of hydrogen-bond acceptors (Lipinski definition) is 6. The summed E-state index contributed by atoms with van der Waals surface area (Å²) in [5.74, 6) is -1.54. The van der Waals surface area contributed by atoms with Gasteiger partial charge in [-0.25, -0.2) is 4.79 Å². The van der Waals surface area contributed by atoms with Crippen molar-refractivity contribution in [1.29, 1.82) is 0 Å². The molecular formula is C18H24N2O6. The highest BCUT2D eigenvalue weighted by molar-refractivity contribution is 5.86. The van der Waals surface area contributed by atoms with Gasteiger partial charge in [-0.05, 0) is 31.2 Å². The lowest BCUT2D eigenvalue weighted by Gasteiger charge is -2.17. The third-order valence-corrected chi connectivity index (χ3v) is 3.99. The quantitative estimate of drug-likeness (QED) is 0.188. The van der Waals surface area contributed by atoms with Gasteiger partial charge in [-0.3, -0.25) is 20.2 Å². The molecule has 0 spiro atoms. The Morgan fingerprint density at radius 3 is 2.12 bits per heavy atom. The van der Waals surface area contributed by atoms with Crippen molar-refractivity contribution in [2.24, 2.45) is 0 Å². The van der Waals surface area contributed by atoms with E-state index < -0.39 is 32.9 Å². The van der Waals surface area contributed by atoms with E-state index in [4.69, 9.17) is 4.74 Å². The molecule has 1 aromatic rings. The van der Waals surface area contributed by atoms with Gasteiger partial charge in [0.05, 0.1) is 9.85 Å². The van der Waals surface area contributed by atoms with Crippen LogP contribution in [0.5, 0.6) is 5.75 Å². The first-order valence-corrected chi connectivity index (χ1v) is 8.66. The van der Waals surface area contributed by atoms with Gasteiger partial charge in [-0.15, -0.1) is 0 Å². The molecule has 0 radical (unpaired) electrons. The fraction of sp³-hybridized carbons (Fsp3) is 0.500. The minimum atomic E-state index is -0.900. The summed E-state index contributed by atoms with van der Waals surface area (Å²) in [5.41, 5.74) is -0.598. The molecular weight excluding hydrogens is 340 g/mol. The van der Waals surface area contributed by atoms with E-state index in [2.05, 4.69) is 0 Å². The number of ether oxygens (including phenoxy) is 1. The normalized spacial score (nSPS) is 12.1. The van der Waals surface area contributed by atoms with E-state index in [-0.39, 0.29) is 5.92 Å². The monoisotopic (exact) mass is 364 g/mol. The fourth-order valence-electron chi connectivity index (χ4n) is 2.78. The number of hydrogen-bond donors (Lipinski definition) is 0. The van der Waals surface area contributed by atoms with E-state index >= 15 is 0 Å². The van der Waals surface area contributed by atoms with Crippen LogP contribution in [0.3, 0.4) is 0 Å². The molecule has 8 nitrogen and oxygen atoms in total. The van der Waals surface area contributed by atoms with Crippen molar-refractivity contribution in [2.75, 3.05) is 0 Å². The Bertz CT molecular complexity index is 664. The molecule has 0 heterocycles. The van der Waals surface area contributed by atoms with Crippen LogP contribution < -0.4 is 4.74 Å². The van der Waals surface area contributed by atoms with Crippen LogP contribution in [-0.4, -0.2) is 15.8 Å². The van der Waals surface area contributed by atoms with Gasteiger partial charge in [0.2, 0.25) is 0 Å². The highest BCUT2D eigenvalue weighted by atomic mass is 16.6. The van der Waals surface area contributed by atoms with Crippen LogP contribution >= 0.6 is 0 Å². The average molecular weight is 364 g/mol. The topological polar surface area (TPSA) is 113 Å². The van der Waals surface area contributed by atoms with E-state index in [0.29, 0.717) is 5.56 Å². The minimum Gasteiger partial charge on any atom is -0.409 e. The molecule has 1 atom stereocenters. The molecule has 0 aromatic heterocycles. The average Bonchev–Trinajstić information content (AvgIpc) is 2.58. The van der Waals surface area contributed by atoms with E-state index in [1.165, 1.54) is 18.2 Å². The summed E-state index contributed by atoms with van der Waals surface area (Å²) in [6.07, 6.45) is 6.73. The first-order valence-electron chi connectivity index (χ1n) is 8.66. The molecule has 1 unspecified atom stereocenters. The summed E-state index contributed by atoms with van der Waals surface area (Å²) in [6, 6.07) is 2.59. The summed E-state index contributed by atoms with van der Waals surface area (Å²) in [7, 11) is 0. The lowest BCUT2D eigenvalue weighted by Crippen LogP contribution is -2.10. The number of nitro benzene ring substituents is 2. The van der Waals surface area contributed by atoms with Gasteiger partial charge in [0, 0.05) is 18.2 Å². The Morgan fingerprint density at radius 2 is 1.69 bits per heavy atom. The van der Waals surface area contributed by atoms with Gasteiger partial charge in [0.15, 0.2) is 0 Å². The maximum Gasteiger partial charge on any atom is 0.336 e. The molecule has 142 valence electrons. The summed E-state index contributed by atoms with van der Waals surface area (Å²) in [5, 5.41) is 22.9. The number of rotatable bonds is 10. The molecule has 8 heteroatoms. The van der Waals surface area contributed by atoms with Gasteiger partial charge in [0.25, 0.3) is 5.75 Å². The summed E-state index contributed by atoms with van der Waals surface area (Å²) < 4.78 is 4.91. The van der Waals surface area contributed by atoms with Crippen molar-refractivity contribution in [3.8, 4) is 5.75 Å². The second-order valence-electron chi connectivity index (χ2n) is 5.95. The van der Waals surface area contributed by atoms with Crippen molar-refractivity contribution in [3.63, 3.8) is 0 Å². The maximum absolute atomic E-state index is 11.7. The number of nitrogens with zero attached hydrogens (tertiary/aromatic N) is 2. The van der Waals surface area contributed by atoms with Crippen LogP contribution in [0.1, 0.15) is 64.4 Å². The molecule has 0 fully saturated rings. The third-order valence-electron chi connectivity index (χ3n) is 3.99. The minimum absolute atomic E-state index is 0.0161. The van der Waals surface area contributed by atoms with Crippen molar-refractivity contribution in [1.82, 2.24) is 0 Å². The van der Waals surface area contributed by atoms with Crippen LogP contribution in [0.15, 0.2) is 24.3 Å². The lowest BCUT2D eigenvalue weighted by molar-refractivity contribution is -0.395. The van der Waals surface area contributed by atoms with Crippen molar-refractivity contribution >= 4 is 17.3 Å². The standard InChI is InChI=1S/C18H24N2O6/c1-4-7-10-13(8-5-2)14-11-15(19(22)23)18(16(12-14)20(24)25)26-17(21)9-6-3/h6,9,11-13H,4-5,7-8,10H2,1-3H3. The van der Waals surface area contributed by atoms with Gasteiger partial charge in [0.1, 0.15) is 0 Å². The van der Waals surface area contributed by atoms with E-state index in [1.54, 1.807) is 6.92 Å². The Kier molecular flexibility index (Phi) is 8.41. The summed E-state index contributed by atoms with van der Waals surface area (Å²) in [4.78, 5) is 33.1. The highest BCUT2D eigenvalue weighted by Crippen LogP contribution is 2.41. The molecule has 26 heavy (non-hydrogen) atoms. The number of allylic oxidation sites excluding steroid dienone is 1. The number of carbonyl (C=O) groups is 1. The first-order chi connectivity index (χ1) is 12.3. The molecule has 0 aliphatic rings. The van der Waals surface area contributed by atoms with Crippen molar-refractivity contribution in [3.05, 3.63) is 50.1 Å². The zero-order valence-electron chi connectivity index (χ0n) is 15.3. The molecule has 0 saturated carbocycles. The predicted octanol–water partition coefficient (Wildman–Crippen LogP) is 5.06. The first kappa shape index (κ1) is 21.3. The van der Waals surface area contributed by atoms with Crippen LogP contribution in [0, 0.1) is 20.2 Å². The molecule has 0 N–H and O–H groups in total. The van der Waals surface area contributed by atoms with E-state index in [1.807, 2.05) is 13.8 Å². The molecule has 0 aliphatic carbocycles. The van der Waals surface area contributed by atoms with Gasteiger partial charge >= 0.3 is 17.3 Å². The number of benzene rings is 1. The van der Waals surface area contributed by atoms with Crippen LogP contribution in [-0.2, 0) is 4.79 Å². The number of esters is 1. The summed E-state index contributed by atoms with van der Waals surface area (Å²) in [6.45, 7) is 5.60.